The van der Waals surface area contributed by atoms with Crippen molar-refractivity contribution in [1.29, 1.82) is 0 Å². The molecule has 0 aliphatic carbocycles. The number of hydrogen-bond donors (Lipinski definition) is 1. The second kappa shape index (κ2) is 6.65. The summed E-state index contributed by atoms with van der Waals surface area (Å²) < 4.78 is 1.88. The fraction of sp³-hybridized carbons (Fsp3) is 0.200. The van der Waals surface area contributed by atoms with E-state index in [1.165, 1.54) is 0 Å². The maximum absolute atomic E-state index is 9.00. The largest absolute Gasteiger partial charge is 0.481 e. The lowest BCUT2D eigenvalue weighted by molar-refractivity contribution is -0.134. The predicted molar refractivity (Wildman–Crippen MR) is 55.8 cm³/mol. The van der Waals surface area contributed by atoms with E-state index in [9.17, 15) is 0 Å². The van der Waals surface area contributed by atoms with Gasteiger partial charge in [0.05, 0.1) is 0 Å². The van der Waals surface area contributed by atoms with Gasteiger partial charge in [0.2, 0.25) is 0 Å². The molecule has 0 aliphatic rings. The van der Waals surface area contributed by atoms with Crippen molar-refractivity contribution >= 4 is 12.2 Å². The predicted octanol–water partition coefficient (Wildman–Crippen LogP) is 1.80. The van der Waals surface area contributed by atoms with Crippen molar-refractivity contribution in [3.05, 3.63) is 37.5 Å². The Bertz CT molecular complexity index is 312. The topological polar surface area (TPSA) is 55.1 Å². The Balaban J connectivity index is 0.000000364. The van der Waals surface area contributed by atoms with Crippen molar-refractivity contribution in [3.63, 3.8) is 0 Å². The molecule has 1 aromatic rings. The van der Waals surface area contributed by atoms with E-state index in [0.29, 0.717) is 0 Å². The zero-order valence-electron chi connectivity index (χ0n) is 8.18. The molecule has 1 heterocycles. The molecule has 1 rings (SSSR count). The Morgan fingerprint density at radius 2 is 2.29 bits per heavy atom. The minimum Gasteiger partial charge on any atom is -0.481 e. The van der Waals surface area contributed by atoms with Crippen LogP contribution in [0.25, 0.3) is 6.20 Å². The number of nitrogens with zero attached hydrogens (tertiary/aromatic N) is 2. The van der Waals surface area contributed by atoms with Crippen LogP contribution < -0.4 is 0 Å². The molecule has 4 nitrogen and oxygen atoms in total. The van der Waals surface area contributed by atoms with Gasteiger partial charge in [-0.15, -0.1) is 6.58 Å². The Kier molecular flexibility index (Phi) is 5.78. The standard InChI is InChI=1S/C8H10N2.C2H4O2/c1-3-5-8-9-6-7-10(8)4-2;1-2(3)4/h3-4,6-7H,1-2,5H2;1H3,(H,3,4). The minimum atomic E-state index is -0.833. The number of carbonyl (C=O) groups is 1. The molecule has 0 fully saturated rings. The van der Waals surface area contributed by atoms with E-state index in [1.54, 1.807) is 12.4 Å². The van der Waals surface area contributed by atoms with Crippen LogP contribution in [0.5, 0.6) is 0 Å². The summed E-state index contributed by atoms with van der Waals surface area (Å²) in [6, 6.07) is 0. The molecule has 0 amide bonds. The van der Waals surface area contributed by atoms with Crippen molar-refractivity contribution in [1.82, 2.24) is 9.55 Å². The summed E-state index contributed by atoms with van der Waals surface area (Å²) in [6.07, 6.45) is 7.96. The summed E-state index contributed by atoms with van der Waals surface area (Å²) in [5.74, 6) is 0.144. The molecular weight excluding hydrogens is 180 g/mol. The third-order valence-electron chi connectivity index (χ3n) is 1.27. The fourth-order valence-electron chi connectivity index (χ4n) is 0.797. The first kappa shape index (κ1) is 12.2. The number of imidazole rings is 1. The van der Waals surface area contributed by atoms with E-state index in [2.05, 4.69) is 18.1 Å². The average molecular weight is 194 g/mol. The van der Waals surface area contributed by atoms with E-state index in [1.807, 2.05) is 16.8 Å². The summed E-state index contributed by atoms with van der Waals surface area (Å²) in [4.78, 5) is 13.1. The number of carboxylic acids is 1. The summed E-state index contributed by atoms with van der Waals surface area (Å²) in [6.45, 7) is 8.34. The summed E-state index contributed by atoms with van der Waals surface area (Å²) >= 11 is 0. The monoisotopic (exact) mass is 194 g/mol. The van der Waals surface area contributed by atoms with Gasteiger partial charge in [0.15, 0.2) is 0 Å². The molecule has 0 aliphatic heterocycles. The first-order valence-corrected chi connectivity index (χ1v) is 4.06. The van der Waals surface area contributed by atoms with Crippen LogP contribution >= 0.6 is 0 Å². The van der Waals surface area contributed by atoms with E-state index < -0.39 is 5.97 Å². The number of hydrogen-bond acceptors (Lipinski definition) is 2. The second-order valence-corrected chi connectivity index (χ2v) is 2.45. The minimum absolute atomic E-state index is 0.791. The highest BCUT2D eigenvalue weighted by Crippen LogP contribution is 1.98. The van der Waals surface area contributed by atoms with Gasteiger partial charge in [0.1, 0.15) is 5.82 Å². The van der Waals surface area contributed by atoms with Crippen LogP contribution in [0, 0.1) is 0 Å². The Morgan fingerprint density at radius 1 is 1.71 bits per heavy atom. The first-order chi connectivity index (χ1) is 6.61. The van der Waals surface area contributed by atoms with Crippen LogP contribution in [0.4, 0.5) is 0 Å². The molecule has 0 aromatic carbocycles. The molecule has 0 atom stereocenters. The zero-order valence-corrected chi connectivity index (χ0v) is 8.18. The van der Waals surface area contributed by atoms with E-state index >= 15 is 0 Å². The SMILES string of the molecule is C=CCc1nccn1C=C.CC(=O)O. The van der Waals surface area contributed by atoms with Crippen molar-refractivity contribution in [2.24, 2.45) is 0 Å². The van der Waals surface area contributed by atoms with Crippen LogP contribution in [0.3, 0.4) is 0 Å². The Morgan fingerprint density at radius 3 is 2.71 bits per heavy atom. The van der Waals surface area contributed by atoms with E-state index in [0.717, 1.165) is 19.2 Å². The van der Waals surface area contributed by atoms with Gasteiger partial charge in [-0.05, 0) is 0 Å². The molecule has 76 valence electrons. The third kappa shape index (κ3) is 4.92. The van der Waals surface area contributed by atoms with Gasteiger partial charge in [0.25, 0.3) is 5.97 Å². The van der Waals surface area contributed by atoms with Crippen LogP contribution in [0.1, 0.15) is 12.7 Å². The van der Waals surface area contributed by atoms with Crippen molar-refractivity contribution < 1.29 is 9.90 Å². The Hall–Kier alpha value is -1.84. The molecule has 1 N–H and O–H groups in total. The van der Waals surface area contributed by atoms with Gasteiger partial charge < -0.3 is 9.67 Å². The van der Waals surface area contributed by atoms with Crippen molar-refractivity contribution in [3.8, 4) is 0 Å². The van der Waals surface area contributed by atoms with Gasteiger partial charge >= 0.3 is 0 Å². The second-order valence-electron chi connectivity index (χ2n) is 2.45. The highest BCUT2D eigenvalue weighted by atomic mass is 16.4. The summed E-state index contributed by atoms with van der Waals surface area (Å²) in [5, 5.41) is 7.42. The fourth-order valence-corrected chi connectivity index (χ4v) is 0.797. The van der Waals surface area contributed by atoms with Crippen LogP contribution in [0.2, 0.25) is 0 Å². The normalized spacial score (nSPS) is 8.36. The number of carboxylic acid groups (broad SMARTS) is 1. The van der Waals surface area contributed by atoms with E-state index in [-0.39, 0.29) is 0 Å². The van der Waals surface area contributed by atoms with Gasteiger partial charge in [-0.25, -0.2) is 4.98 Å². The maximum atomic E-state index is 9.00. The Labute approximate surface area is 83.2 Å². The molecule has 0 bridgehead atoms. The first-order valence-electron chi connectivity index (χ1n) is 4.06. The lowest BCUT2D eigenvalue weighted by atomic mass is 10.4. The van der Waals surface area contributed by atoms with E-state index in [4.69, 9.17) is 9.90 Å². The maximum Gasteiger partial charge on any atom is 0.300 e. The lowest BCUT2D eigenvalue weighted by Gasteiger charge is -1.95. The molecule has 1 aromatic heterocycles. The molecule has 0 saturated carbocycles. The molecule has 0 saturated heterocycles. The highest BCUT2D eigenvalue weighted by Gasteiger charge is 1.94. The molecule has 0 radical (unpaired) electrons. The number of allylic oxidation sites excluding steroid dienone is 1. The average Bonchev–Trinajstić information content (AvgIpc) is 2.51. The molecule has 0 spiro atoms. The van der Waals surface area contributed by atoms with Crippen LogP contribution in [-0.4, -0.2) is 20.6 Å². The van der Waals surface area contributed by atoms with Gasteiger partial charge in [0, 0.05) is 31.9 Å². The van der Waals surface area contributed by atoms with Crippen molar-refractivity contribution in [2.75, 3.05) is 0 Å². The number of rotatable bonds is 3. The summed E-state index contributed by atoms with van der Waals surface area (Å²) in [5.41, 5.74) is 0. The molecular formula is C10H14N2O2. The molecule has 4 heteroatoms. The van der Waals surface area contributed by atoms with Gasteiger partial charge in [-0.2, -0.15) is 0 Å². The third-order valence-corrected chi connectivity index (χ3v) is 1.27. The number of aliphatic carboxylic acids is 1. The highest BCUT2D eigenvalue weighted by molar-refractivity contribution is 5.62. The molecule has 0 unspecified atom stereocenters. The lowest BCUT2D eigenvalue weighted by Crippen LogP contribution is -1.92. The zero-order chi connectivity index (χ0) is 11.0. The van der Waals surface area contributed by atoms with Crippen molar-refractivity contribution in [2.45, 2.75) is 13.3 Å². The van der Waals surface area contributed by atoms with Crippen LogP contribution in [-0.2, 0) is 11.2 Å². The smallest absolute Gasteiger partial charge is 0.300 e. The quantitative estimate of drug-likeness (QED) is 0.746. The van der Waals surface area contributed by atoms with Crippen LogP contribution in [0.15, 0.2) is 31.6 Å². The number of aromatic nitrogens is 2. The van der Waals surface area contributed by atoms with Gasteiger partial charge in [-0.1, -0.05) is 12.7 Å². The molecule has 14 heavy (non-hydrogen) atoms. The summed E-state index contributed by atoms with van der Waals surface area (Å²) in [7, 11) is 0. The van der Waals surface area contributed by atoms with Gasteiger partial charge in [-0.3, -0.25) is 4.79 Å².